The standard InChI is InChI=1S/C13H16FNO4/c1-13(2,3)19-12(17)15-8-18-11(16)9-6-4-5-7-10(9)14/h4-7H,8H2,1-3H3,(H,15,17). The normalized spacial score (nSPS) is 10.7. The molecule has 1 aromatic carbocycles. The number of carbonyl (C=O) groups excluding carboxylic acids is 2. The molecule has 5 nitrogen and oxygen atoms in total. The predicted octanol–water partition coefficient (Wildman–Crippen LogP) is 2.46. The summed E-state index contributed by atoms with van der Waals surface area (Å²) in [6, 6.07) is 5.43. The summed E-state index contributed by atoms with van der Waals surface area (Å²) in [5, 5.41) is 2.23. The van der Waals surface area contributed by atoms with Gasteiger partial charge in [0.25, 0.3) is 0 Å². The quantitative estimate of drug-likeness (QED) is 0.676. The molecule has 0 aromatic heterocycles. The average Bonchev–Trinajstić information content (AvgIpc) is 2.26. The number of hydrogen-bond acceptors (Lipinski definition) is 4. The molecule has 104 valence electrons. The zero-order valence-corrected chi connectivity index (χ0v) is 11.0. The van der Waals surface area contributed by atoms with Crippen LogP contribution in [0.2, 0.25) is 0 Å². The van der Waals surface area contributed by atoms with Crippen LogP contribution in [0.3, 0.4) is 0 Å². The smallest absolute Gasteiger partial charge is 0.410 e. The molecule has 19 heavy (non-hydrogen) atoms. The van der Waals surface area contributed by atoms with E-state index in [2.05, 4.69) is 5.32 Å². The summed E-state index contributed by atoms with van der Waals surface area (Å²) in [6.45, 7) is 4.73. The van der Waals surface area contributed by atoms with Gasteiger partial charge in [-0.25, -0.2) is 14.0 Å². The van der Waals surface area contributed by atoms with E-state index in [0.717, 1.165) is 6.07 Å². The van der Waals surface area contributed by atoms with Gasteiger partial charge in [0.15, 0.2) is 6.73 Å². The third kappa shape index (κ3) is 5.37. The lowest BCUT2D eigenvalue weighted by atomic mass is 10.2. The van der Waals surface area contributed by atoms with E-state index in [1.54, 1.807) is 20.8 Å². The Morgan fingerprint density at radius 1 is 1.26 bits per heavy atom. The minimum Gasteiger partial charge on any atom is -0.444 e. The Bertz CT molecular complexity index is 468. The number of ether oxygens (including phenoxy) is 2. The first-order valence-electron chi connectivity index (χ1n) is 5.68. The number of rotatable bonds is 3. The molecule has 0 fully saturated rings. The second-order valence-corrected chi connectivity index (χ2v) is 4.73. The molecular formula is C13H16FNO4. The summed E-state index contributed by atoms with van der Waals surface area (Å²) >= 11 is 0. The maximum absolute atomic E-state index is 13.2. The van der Waals surface area contributed by atoms with E-state index in [1.807, 2.05) is 0 Å². The predicted molar refractivity (Wildman–Crippen MR) is 66.1 cm³/mol. The van der Waals surface area contributed by atoms with Gasteiger partial charge in [-0.2, -0.15) is 0 Å². The fourth-order valence-corrected chi connectivity index (χ4v) is 1.18. The molecule has 0 radical (unpaired) electrons. The van der Waals surface area contributed by atoms with E-state index in [9.17, 15) is 14.0 Å². The minimum absolute atomic E-state index is 0.187. The summed E-state index contributed by atoms with van der Waals surface area (Å²) in [6.07, 6.45) is -0.714. The first-order chi connectivity index (χ1) is 8.79. The van der Waals surface area contributed by atoms with Crippen LogP contribution in [-0.2, 0) is 9.47 Å². The van der Waals surface area contributed by atoms with Crippen molar-refractivity contribution in [1.29, 1.82) is 0 Å². The fraction of sp³-hybridized carbons (Fsp3) is 0.385. The molecular weight excluding hydrogens is 253 g/mol. The lowest BCUT2D eigenvalue weighted by molar-refractivity contribution is 0.0338. The molecule has 1 amide bonds. The Balaban J connectivity index is 2.40. The second kappa shape index (κ2) is 6.17. The number of nitrogens with one attached hydrogen (secondary N) is 1. The van der Waals surface area contributed by atoms with Gasteiger partial charge in [-0.1, -0.05) is 12.1 Å². The minimum atomic E-state index is -0.853. The van der Waals surface area contributed by atoms with Crippen LogP contribution in [0.1, 0.15) is 31.1 Å². The number of halogens is 1. The van der Waals surface area contributed by atoms with Crippen molar-refractivity contribution in [2.45, 2.75) is 26.4 Å². The molecule has 0 atom stereocenters. The van der Waals surface area contributed by atoms with Crippen molar-refractivity contribution >= 4 is 12.1 Å². The number of esters is 1. The highest BCUT2D eigenvalue weighted by Crippen LogP contribution is 2.08. The molecule has 0 aliphatic carbocycles. The molecule has 0 aliphatic rings. The van der Waals surface area contributed by atoms with Crippen molar-refractivity contribution in [2.75, 3.05) is 6.73 Å². The zero-order valence-electron chi connectivity index (χ0n) is 11.0. The van der Waals surface area contributed by atoms with Crippen LogP contribution in [-0.4, -0.2) is 24.4 Å². The Morgan fingerprint density at radius 2 is 1.89 bits per heavy atom. The number of amides is 1. The maximum atomic E-state index is 13.2. The number of alkyl carbamates (subject to hydrolysis) is 1. The van der Waals surface area contributed by atoms with Gasteiger partial charge in [0.2, 0.25) is 0 Å². The first-order valence-corrected chi connectivity index (χ1v) is 5.68. The molecule has 0 heterocycles. The summed E-state index contributed by atoms with van der Waals surface area (Å²) in [5.74, 6) is -1.53. The van der Waals surface area contributed by atoms with E-state index in [1.165, 1.54) is 18.2 Å². The van der Waals surface area contributed by atoms with Crippen molar-refractivity contribution in [3.63, 3.8) is 0 Å². The van der Waals surface area contributed by atoms with Crippen LogP contribution in [0.15, 0.2) is 24.3 Å². The van der Waals surface area contributed by atoms with E-state index in [4.69, 9.17) is 9.47 Å². The Kier molecular flexibility index (Phi) is 4.86. The third-order valence-corrected chi connectivity index (χ3v) is 1.91. The van der Waals surface area contributed by atoms with Crippen molar-refractivity contribution in [3.8, 4) is 0 Å². The summed E-state index contributed by atoms with van der Waals surface area (Å²) in [7, 11) is 0. The van der Waals surface area contributed by atoms with Gasteiger partial charge in [-0.15, -0.1) is 0 Å². The fourth-order valence-electron chi connectivity index (χ4n) is 1.18. The molecule has 0 saturated heterocycles. The van der Waals surface area contributed by atoms with Gasteiger partial charge in [0.05, 0.1) is 5.56 Å². The third-order valence-electron chi connectivity index (χ3n) is 1.91. The van der Waals surface area contributed by atoms with Crippen LogP contribution >= 0.6 is 0 Å². The van der Waals surface area contributed by atoms with Crippen molar-refractivity contribution in [3.05, 3.63) is 35.6 Å². The highest BCUT2D eigenvalue weighted by Gasteiger charge is 2.17. The molecule has 0 bridgehead atoms. The highest BCUT2D eigenvalue weighted by molar-refractivity contribution is 5.89. The second-order valence-electron chi connectivity index (χ2n) is 4.73. The maximum Gasteiger partial charge on any atom is 0.410 e. The molecule has 1 rings (SSSR count). The molecule has 1 N–H and O–H groups in total. The highest BCUT2D eigenvalue weighted by atomic mass is 19.1. The van der Waals surface area contributed by atoms with Crippen LogP contribution in [0, 0.1) is 5.82 Å². The molecule has 1 aromatic rings. The SMILES string of the molecule is CC(C)(C)OC(=O)NCOC(=O)c1ccccc1F. The van der Waals surface area contributed by atoms with Crippen molar-refractivity contribution < 1.29 is 23.5 Å². The van der Waals surface area contributed by atoms with Crippen LogP contribution in [0.5, 0.6) is 0 Å². The first kappa shape index (κ1) is 14.9. The van der Waals surface area contributed by atoms with E-state index >= 15 is 0 Å². The largest absolute Gasteiger partial charge is 0.444 e. The van der Waals surface area contributed by atoms with Gasteiger partial charge in [0.1, 0.15) is 11.4 Å². The van der Waals surface area contributed by atoms with Crippen LogP contribution < -0.4 is 5.32 Å². The molecule has 0 spiro atoms. The van der Waals surface area contributed by atoms with Crippen molar-refractivity contribution in [1.82, 2.24) is 5.32 Å². The summed E-state index contributed by atoms with van der Waals surface area (Å²) in [4.78, 5) is 22.7. The topological polar surface area (TPSA) is 64.6 Å². The molecule has 0 saturated carbocycles. The van der Waals surface area contributed by atoms with Gasteiger partial charge in [-0.05, 0) is 32.9 Å². The Labute approximate surface area is 110 Å². The molecule has 0 aliphatic heterocycles. The number of benzene rings is 1. The Morgan fingerprint density at radius 3 is 2.47 bits per heavy atom. The van der Waals surface area contributed by atoms with E-state index < -0.39 is 23.5 Å². The van der Waals surface area contributed by atoms with Gasteiger partial charge >= 0.3 is 12.1 Å². The molecule has 0 unspecified atom stereocenters. The Hall–Kier alpha value is -2.11. The monoisotopic (exact) mass is 269 g/mol. The van der Waals surface area contributed by atoms with Crippen LogP contribution in [0.4, 0.5) is 9.18 Å². The van der Waals surface area contributed by atoms with Gasteiger partial charge in [-0.3, -0.25) is 5.32 Å². The number of carbonyl (C=O) groups is 2. The lowest BCUT2D eigenvalue weighted by Crippen LogP contribution is -2.34. The summed E-state index contributed by atoms with van der Waals surface area (Å²) in [5.41, 5.74) is -0.826. The number of hydrogen-bond donors (Lipinski definition) is 1. The van der Waals surface area contributed by atoms with E-state index in [0.29, 0.717) is 0 Å². The zero-order chi connectivity index (χ0) is 14.5. The molecule has 6 heteroatoms. The van der Waals surface area contributed by atoms with Gasteiger partial charge in [0, 0.05) is 0 Å². The van der Waals surface area contributed by atoms with Crippen LogP contribution in [0.25, 0.3) is 0 Å². The summed E-state index contributed by atoms with van der Waals surface area (Å²) < 4.78 is 22.9. The van der Waals surface area contributed by atoms with Crippen molar-refractivity contribution in [2.24, 2.45) is 0 Å². The lowest BCUT2D eigenvalue weighted by Gasteiger charge is -2.19. The van der Waals surface area contributed by atoms with Gasteiger partial charge < -0.3 is 9.47 Å². The van der Waals surface area contributed by atoms with E-state index in [-0.39, 0.29) is 12.3 Å². The average molecular weight is 269 g/mol.